The van der Waals surface area contributed by atoms with Gasteiger partial charge in [0.15, 0.2) is 9.84 Å². The van der Waals surface area contributed by atoms with Crippen LogP contribution in [0.3, 0.4) is 0 Å². The van der Waals surface area contributed by atoms with Crippen molar-refractivity contribution in [2.75, 3.05) is 10.7 Å². The maximum atomic E-state index is 15.3. The molecule has 1 aliphatic heterocycles. The summed E-state index contributed by atoms with van der Waals surface area (Å²) in [7, 11) is -4.57. The number of nitrogens with one attached hydrogen (secondary N) is 1. The Morgan fingerprint density at radius 3 is 2.33 bits per heavy atom. The van der Waals surface area contributed by atoms with E-state index in [1.165, 1.54) is 45.0 Å². The fraction of sp³-hybridized carbons (Fsp3) is 0.360. The van der Waals surface area contributed by atoms with Gasteiger partial charge in [-0.15, -0.1) is 10.2 Å². The molecule has 1 atom stereocenters. The summed E-state index contributed by atoms with van der Waals surface area (Å²) in [6.45, 7) is 4.20. The van der Waals surface area contributed by atoms with Crippen LogP contribution in [0.2, 0.25) is 5.02 Å². The zero-order chi connectivity index (χ0) is 32.1. The number of anilines is 1. The van der Waals surface area contributed by atoms with Crippen LogP contribution in [0, 0.1) is 5.82 Å². The van der Waals surface area contributed by atoms with Gasteiger partial charge >= 0.3 is 18.2 Å². The summed E-state index contributed by atoms with van der Waals surface area (Å²) < 4.78 is 118. The van der Waals surface area contributed by atoms with Gasteiger partial charge in [-0.05, 0) is 50.6 Å². The zero-order valence-electron chi connectivity index (χ0n) is 22.3. The second kappa shape index (κ2) is 11.0. The van der Waals surface area contributed by atoms with E-state index in [1.807, 2.05) is 0 Å². The standard InChI is InChI=1S/C25H21ClF6N4O6S/c1-23(2,3)42-22(38)33-16-11-43(39,40)18-9-15(27)14(19-34-35-21(41-19)24(28,29)25(30,31)32)8-17(18)36(20(16)37)10-12-4-6-13(26)7-5-12/h4-9,16H,10-11H2,1-3H3,(H,33,38)/t16-/m0/s1. The topological polar surface area (TPSA) is 132 Å². The van der Waals surface area contributed by atoms with E-state index in [4.69, 9.17) is 16.3 Å². The van der Waals surface area contributed by atoms with Gasteiger partial charge in [-0.3, -0.25) is 4.79 Å². The number of aromatic nitrogens is 2. The molecular formula is C25H21ClF6N4O6S. The molecule has 10 nitrogen and oxygen atoms in total. The molecule has 0 radical (unpaired) electrons. The minimum absolute atomic E-state index is 0.325. The molecule has 0 fully saturated rings. The minimum Gasteiger partial charge on any atom is -0.444 e. The van der Waals surface area contributed by atoms with Crippen molar-refractivity contribution in [1.82, 2.24) is 15.5 Å². The third kappa shape index (κ3) is 6.71. The number of carbonyl (C=O) groups excluding carboxylic acids is 2. The highest BCUT2D eigenvalue weighted by atomic mass is 35.5. The van der Waals surface area contributed by atoms with Gasteiger partial charge in [-0.2, -0.15) is 22.0 Å². The Balaban J connectivity index is 1.86. The summed E-state index contributed by atoms with van der Waals surface area (Å²) in [6.07, 6.45) is -7.25. The summed E-state index contributed by atoms with van der Waals surface area (Å²) in [5.74, 6) is -12.4. The highest BCUT2D eigenvalue weighted by Crippen LogP contribution is 2.44. The van der Waals surface area contributed by atoms with Gasteiger partial charge in [-0.1, -0.05) is 23.7 Å². The van der Waals surface area contributed by atoms with Crippen LogP contribution in [0.15, 0.2) is 45.7 Å². The van der Waals surface area contributed by atoms with Crippen molar-refractivity contribution in [2.24, 2.45) is 0 Å². The third-order valence-corrected chi connectivity index (χ3v) is 7.87. The number of fused-ring (bicyclic) bond motifs is 1. The Morgan fingerprint density at radius 2 is 1.74 bits per heavy atom. The molecule has 0 spiro atoms. The lowest BCUT2D eigenvalue weighted by atomic mass is 10.1. The molecular weight excluding hydrogens is 634 g/mol. The molecule has 1 aromatic heterocycles. The molecule has 1 aliphatic rings. The summed E-state index contributed by atoms with van der Waals surface area (Å²) in [5.41, 5.74) is -2.02. The van der Waals surface area contributed by atoms with Crippen LogP contribution in [-0.2, 0) is 31.8 Å². The molecule has 0 bridgehead atoms. The Labute approximate surface area is 244 Å². The average molecular weight is 655 g/mol. The SMILES string of the molecule is CC(C)(C)OC(=O)N[C@H]1CS(=O)(=O)c2cc(F)c(-c3nnc(C(F)(F)C(F)(F)F)o3)cc2N(Cc2ccc(Cl)cc2)C1=O. The van der Waals surface area contributed by atoms with Crippen LogP contribution in [0.5, 0.6) is 0 Å². The van der Waals surface area contributed by atoms with E-state index in [0.29, 0.717) is 22.7 Å². The van der Waals surface area contributed by atoms with Crippen molar-refractivity contribution in [1.29, 1.82) is 0 Å². The molecule has 2 aromatic carbocycles. The fourth-order valence-corrected chi connectivity index (χ4v) is 5.66. The van der Waals surface area contributed by atoms with Crippen molar-refractivity contribution >= 4 is 39.1 Å². The van der Waals surface area contributed by atoms with Crippen molar-refractivity contribution in [2.45, 2.75) is 56.0 Å². The number of rotatable bonds is 5. The third-order valence-electron chi connectivity index (χ3n) is 5.85. The van der Waals surface area contributed by atoms with Gasteiger partial charge in [0, 0.05) is 5.02 Å². The molecule has 0 saturated carbocycles. The molecule has 1 N–H and O–H groups in total. The van der Waals surface area contributed by atoms with Crippen molar-refractivity contribution < 1.29 is 53.5 Å². The van der Waals surface area contributed by atoms with Crippen LogP contribution in [0.4, 0.5) is 36.8 Å². The predicted molar refractivity (Wildman–Crippen MR) is 137 cm³/mol. The van der Waals surface area contributed by atoms with E-state index in [1.54, 1.807) is 0 Å². The summed E-state index contributed by atoms with van der Waals surface area (Å²) in [5, 5.41) is 8.30. The van der Waals surface area contributed by atoms with Gasteiger partial charge in [0.05, 0.1) is 28.4 Å². The quantitative estimate of drug-likeness (QED) is 0.362. The molecule has 2 heterocycles. The first-order valence-electron chi connectivity index (χ1n) is 12.1. The number of amides is 2. The number of nitrogens with zero attached hydrogens (tertiary/aromatic N) is 3. The number of carbonyl (C=O) groups is 2. The normalized spacial score (nSPS) is 17.3. The van der Waals surface area contributed by atoms with Crippen LogP contribution in [0.1, 0.15) is 32.2 Å². The van der Waals surface area contributed by atoms with E-state index >= 15 is 4.39 Å². The highest BCUT2D eigenvalue weighted by molar-refractivity contribution is 7.91. The number of sulfone groups is 1. The molecule has 43 heavy (non-hydrogen) atoms. The summed E-state index contributed by atoms with van der Waals surface area (Å²) in [4.78, 5) is 26.3. The van der Waals surface area contributed by atoms with E-state index in [9.17, 15) is 40.0 Å². The summed E-state index contributed by atoms with van der Waals surface area (Å²) in [6, 6.07) is 5.27. The molecule has 4 rings (SSSR count). The smallest absolute Gasteiger partial charge is 0.444 e. The second-order valence-corrected chi connectivity index (χ2v) is 12.8. The lowest BCUT2D eigenvalue weighted by Gasteiger charge is -2.27. The Hall–Kier alpha value is -3.86. The Bertz CT molecular complexity index is 1670. The molecule has 0 saturated heterocycles. The van der Waals surface area contributed by atoms with Gasteiger partial charge < -0.3 is 19.4 Å². The highest BCUT2D eigenvalue weighted by Gasteiger charge is 2.63. The number of alkyl halides is 5. The van der Waals surface area contributed by atoms with E-state index in [2.05, 4.69) is 19.9 Å². The van der Waals surface area contributed by atoms with Crippen molar-refractivity contribution in [3.05, 3.63) is 58.7 Å². The molecule has 0 unspecified atom stereocenters. The van der Waals surface area contributed by atoms with Crippen molar-refractivity contribution in [3.8, 4) is 11.5 Å². The summed E-state index contributed by atoms with van der Waals surface area (Å²) >= 11 is 5.92. The maximum Gasteiger partial charge on any atom is 0.463 e. The van der Waals surface area contributed by atoms with E-state index < -0.39 is 85.1 Å². The first-order chi connectivity index (χ1) is 19.7. The molecule has 2 amide bonds. The first-order valence-corrected chi connectivity index (χ1v) is 14.1. The Morgan fingerprint density at radius 1 is 1.12 bits per heavy atom. The van der Waals surface area contributed by atoms with Crippen LogP contribution < -0.4 is 10.2 Å². The number of hydrogen-bond acceptors (Lipinski definition) is 8. The average Bonchev–Trinajstić information content (AvgIpc) is 3.34. The van der Waals surface area contributed by atoms with Crippen molar-refractivity contribution in [3.63, 3.8) is 0 Å². The molecule has 0 aliphatic carbocycles. The fourth-order valence-electron chi connectivity index (χ4n) is 3.92. The van der Waals surface area contributed by atoms with Crippen LogP contribution >= 0.6 is 11.6 Å². The minimum atomic E-state index is -6.12. The second-order valence-electron chi connectivity index (χ2n) is 10.3. The molecule has 232 valence electrons. The largest absolute Gasteiger partial charge is 0.463 e. The van der Waals surface area contributed by atoms with Gasteiger partial charge in [0.2, 0.25) is 0 Å². The van der Waals surface area contributed by atoms with Gasteiger partial charge in [0.25, 0.3) is 17.7 Å². The van der Waals surface area contributed by atoms with E-state index in [0.717, 1.165) is 4.90 Å². The lowest BCUT2D eigenvalue weighted by Crippen LogP contribution is -2.51. The van der Waals surface area contributed by atoms with Gasteiger partial charge in [-0.25, -0.2) is 17.6 Å². The number of alkyl carbamates (subject to hydrolysis) is 1. The van der Waals surface area contributed by atoms with Gasteiger partial charge in [0.1, 0.15) is 17.5 Å². The number of halogens is 7. The van der Waals surface area contributed by atoms with Crippen LogP contribution in [-0.4, -0.2) is 54.2 Å². The molecule has 18 heteroatoms. The van der Waals surface area contributed by atoms with E-state index in [-0.39, 0.29) is 6.54 Å². The Kier molecular flexibility index (Phi) is 8.21. The lowest BCUT2D eigenvalue weighted by molar-refractivity contribution is -0.297. The molecule has 3 aromatic rings. The monoisotopic (exact) mass is 654 g/mol. The zero-order valence-corrected chi connectivity index (χ0v) is 23.9. The number of benzene rings is 2. The number of ether oxygens (including phenoxy) is 1. The van der Waals surface area contributed by atoms with Crippen LogP contribution in [0.25, 0.3) is 11.5 Å². The number of hydrogen-bond donors (Lipinski definition) is 1. The maximum absolute atomic E-state index is 15.3. The predicted octanol–water partition coefficient (Wildman–Crippen LogP) is 5.40. The first kappa shape index (κ1) is 32.1.